The van der Waals surface area contributed by atoms with Gasteiger partial charge in [0.2, 0.25) is 5.91 Å². The number of ether oxygens (including phenoxy) is 1. The molecule has 1 amide bonds. The van der Waals surface area contributed by atoms with Gasteiger partial charge in [0.1, 0.15) is 0 Å². The van der Waals surface area contributed by atoms with E-state index in [4.69, 9.17) is 4.74 Å². The van der Waals surface area contributed by atoms with Crippen LogP contribution in [0.3, 0.4) is 0 Å². The highest BCUT2D eigenvalue weighted by Crippen LogP contribution is 2.48. The van der Waals surface area contributed by atoms with E-state index in [0.717, 1.165) is 25.9 Å². The first-order valence-electron chi connectivity index (χ1n) is 6.97. The zero-order valence-electron chi connectivity index (χ0n) is 10.7. The van der Waals surface area contributed by atoms with Crippen molar-refractivity contribution in [3.8, 4) is 0 Å². The summed E-state index contributed by atoms with van der Waals surface area (Å²) in [6.45, 7) is 1.26. The molecule has 0 unspecified atom stereocenters. The molecule has 19 heavy (non-hydrogen) atoms. The number of aliphatic carboxylic acids is 1. The van der Waals surface area contributed by atoms with Crippen LogP contribution in [-0.2, 0) is 14.3 Å². The second kappa shape index (κ2) is 4.96. The van der Waals surface area contributed by atoms with Crippen LogP contribution in [0.1, 0.15) is 19.3 Å². The minimum Gasteiger partial charge on any atom is -0.481 e. The number of amides is 1. The summed E-state index contributed by atoms with van der Waals surface area (Å²) in [5.74, 6) is -1.82. The Morgan fingerprint density at radius 3 is 2.63 bits per heavy atom. The molecule has 2 N–H and O–H groups in total. The molecule has 2 bridgehead atoms. The number of carboxylic acid groups (broad SMARTS) is 1. The average Bonchev–Trinajstić information content (AvgIpc) is 3.10. The van der Waals surface area contributed by atoms with Crippen molar-refractivity contribution in [2.45, 2.75) is 25.4 Å². The molecule has 5 nitrogen and oxygen atoms in total. The third-order valence-corrected chi connectivity index (χ3v) is 4.58. The molecule has 0 radical (unpaired) electrons. The third kappa shape index (κ3) is 2.27. The van der Waals surface area contributed by atoms with Gasteiger partial charge in [-0.05, 0) is 31.1 Å². The zero-order chi connectivity index (χ0) is 13.4. The molecule has 3 rings (SSSR count). The fourth-order valence-electron chi connectivity index (χ4n) is 3.65. The van der Waals surface area contributed by atoms with E-state index in [-0.39, 0.29) is 23.8 Å². The van der Waals surface area contributed by atoms with Crippen LogP contribution >= 0.6 is 0 Å². The van der Waals surface area contributed by atoms with Crippen molar-refractivity contribution in [2.75, 3.05) is 13.2 Å². The van der Waals surface area contributed by atoms with Gasteiger partial charge in [0.25, 0.3) is 0 Å². The molecule has 2 aliphatic carbocycles. The Morgan fingerprint density at radius 2 is 2.00 bits per heavy atom. The standard InChI is InChI=1S/C14H19NO4/c16-13(15-7-10-2-1-5-19-10)11-8-3-4-9(6-8)12(11)14(17)18/h3-4,8-12H,1-2,5-7H2,(H,15,16)(H,17,18)/t8-,9+,10-,11-,12+/m0/s1. The van der Waals surface area contributed by atoms with Crippen LogP contribution in [0.15, 0.2) is 12.2 Å². The summed E-state index contributed by atoms with van der Waals surface area (Å²) in [6, 6.07) is 0. The van der Waals surface area contributed by atoms with Crippen molar-refractivity contribution < 1.29 is 19.4 Å². The van der Waals surface area contributed by atoms with E-state index >= 15 is 0 Å². The van der Waals surface area contributed by atoms with Gasteiger partial charge in [0.05, 0.1) is 17.9 Å². The molecule has 3 aliphatic rings. The number of carboxylic acids is 1. The summed E-state index contributed by atoms with van der Waals surface area (Å²) in [5.41, 5.74) is 0. The van der Waals surface area contributed by atoms with Crippen molar-refractivity contribution in [3.63, 3.8) is 0 Å². The minimum absolute atomic E-state index is 0.0287. The second-order valence-corrected chi connectivity index (χ2v) is 5.72. The summed E-state index contributed by atoms with van der Waals surface area (Å²) in [7, 11) is 0. The van der Waals surface area contributed by atoms with Crippen LogP contribution < -0.4 is 5.32 Å². The largest absolute Gasteiger partial charge is 0.481 e. The van der Waals surface area contributed by atoms with E-state index in [1.807, 2.05) is 12.2 Å². The third-order valence-electron chi connectivity index (χ3n) is 4.58. The van der Waals surface area contributed by atoms with Crippen LogP contribution in [-0.4, -0.2) is 36.2 Å². The van der Waals surface area contributed by atoms with Crippen molar-refractivity contribution >= 4 is 11.9 Å². The van der Waals surface area contributed by atoms with Gasteiger partial charge in [-0.2, -0.15) is 0 Å². The molecule has 0 aromatic carbocycles. The van der Waals surface area contributed by atoms with Gasteiger partial charge in [-0.1, -0.05) is 12.2 Å². The van der Waals surface area contributed by atoms with E-state index in [9.17, 15) is 14.7 Å². The molecule has 1 heterocycles. The predicted octanol–water partition coefficient (Wildman–Crippen LogP) is 0.804. The van der Waals surface area contributed by atoms with Crippen molar-refractivity contribution in [3.05, 3.63) is 12.2 Å². The van der Waals surface area contributed by atoms with Gasteiger partial charge in [0.15, 0.2) is 0 Å². The van der Waals surface area contributed by atoms with Gasteiger partial charge in [-0.25, -0.2) is 0 Å². The number of hydrogen-bond donors (Lipinski definition) is 2. The number of allylic oxidation sites excluding steroid dienone is 2. The number of carbonyl (C=O) groups excluding carboxylic acids is 1. The molecule has 0 spiro atoms. The predicted molar refractivity (Wildman–Crippen MR) is 67.3 cm³/mol. The summed E-state index contributed by atoms with van der Waals surface area (Å²) in [6.07, 6.45) is 6.86. The van der Waals surface area contributed by atoms with Crippen molar-refractivity contribution in [1.82, 2.24) is 5.32 Å². The Hall–Kier alpha value is -1.36. The molecule has 2 fully saturated rings. The summed E-state index contributed by atoms with van der Waals surface area (Å²) in [4.78, 5) is 23.6. The van der Waals surface area contributed by atoms with Crippen LogP contribution in [0.2, 0.25) is 0 Å². The number of carbonyl (C=O) groups is 2. The van der Waals surface area contributed by atoms with Gasteiger partial charge in [0, 0.05) is 13.2 Å². The zero-order valence-corrected chi connectivity index (χ0v) is 10.7. The van der Waals surface area contributed by atoms with Crippen molar-refractivity contribution in [2.24, 2.45) is 23.7 Å². The smallest absolute Gasteiger partial charge is 0.307 e. The van der Waals surface area contributed by atoms with E-state index < -0.39 is 17.8 Å². The topological polar surface area (TPSA) is 75.6 Å². The number of nitrogens with one attached hydrogen (secondary N) is 1. The van der Waals surface area contributed by atoms with Crippen LogP contribution in [0.25, 0.3) is 0 Å². The lowest BCUT2D eigenvalue weighted by Crippen LogP contribution is -2.42. The Morgan fingerprint density at radius 1 is 1.26 bits per heavy atom. The van der Waals surface area contributed by atoms with Crippen molar-refractivity contribution in [1.29, 1.82) is 0 Å². The Labute approximate surface area is 112 Å². The molecule has 5 heteroatoms. The van der Waals surface area contributed by atoms with Gasteiger partial charge >= 0.3 is 5.97 Å². The second-order valence-electron chi connectivity index (χ2n) is 5.72. The lowest BCUT2D eigenvalue weighted by Gasteiger charge is -2.24. The Kier molecular flexibility index (Phi) is 3.31. The highest BCUT2D eigenvalue weighted by molar-refractivity contribution is 5.86. The first-order chi connectivity index (χ1) is 9.16. The first kappa shape index (κ1) is 12.7. The molecule has 1 saturated heterocycles. The molecule has 1 aliphatic heterocycles. The van der Waals surface area contributed by atoms with E-state index in [1.165, 1.54) is 0 Å². The highest BCUT2D eigenvalue weighted by Gasteiger charge is 2.51. The molecule has 104 valence electrons. The van der Waals surface area contributed by atoms with Gasteiger partial charge < -0.3 is 15.2 Å². The van der Waals surface area contributed by atoms with E-state index in [1.54, 1.807) is 0 Å². The minimum atomic E-state index is -0.853. The lowest BCUT2D eigenvalue weighted by atomic mass is 9.82. The molecule has 0 aromatic rings. The molecule has 1 saturated carbocycles. The van der Waals surface area contributed by atoms with Gasteiger partial charge in [-0.15, -0.1) is 0 Å². The van der Waals surface area contributed by atoms with Crippen LogP contribution in [0.4, 0.5) is 0 Å². The van der Waals surface area contributed by atoms with E-state index in [2.05, 4.69) is 5.32 Å². The SMILES string of the molecule is O=C(NC[C@@H]1CCCO1)[C@@H]1[C@H](C(=O)O)[C@@H]2C=C[C@H]1C2. The monoisotopic (exact) mass is 265 g/mol. The molecular formula is C14H19NO4. The quantitative estimate of drug-likeness (QED) is 0.737. The van der Waals surface area contributed by atoms with Crippen LogP contribution in [0.5, 0.6) is 0 Å². The summed E-state index contributed by atoms with van der Waals surface area (Å²) < 4.78 is 5.46. The Balaban J connectivity index is 1.62. The van der Waals surface area contributed by atoms with Crippen LogP contribution in [0, 0.1) is 23.7 Å². The number of fused-ring (bicyclic) bond motifs is 2. The molecular weight excluding hydrogens is 246 g/mol. The first-order valence-corrected chi connectivity index (χ1v) is 6.97. The lowest BCUT2D eigenvalue weighted by molar-refractivity contribution is -0.147. The summed E-state index contributed by atoms with van der Waals surface area (Å²) in [5, 5.41) is 12.2. The molecule has 5 atom stereocenters. The normalized spacial score (nSPS) is 39.7. The maximum atomic E-state index is 12.2. The summed E-state index contributed by atoms with van der Waals surface area (Å²) >= 11 is 0. The highest BCUT2D eigenvalue weighted by atomic mass is 16.5. The Bertz CT molecular complexity index is 414. The maximum Gasteiger partial charge on any atom is 0.307 e. The number of hydrogen-bond acceptors (Lipinski definition) is 3. The maximum absolute atomic E-state index is 12.2. The van der Waals surface area contributed by atoms with Gasteiger partial charge in [-0.3, -0.25) is 9.59 Å². The molecule has 0 aromatic heterocycles. The number of rotatable bonds is 4. The fraction of sp³-hybridized carbons (Fsp3) is 0.714. The fourth-order valence-corrected chi connectivity index (χ4v) is 3.65. The van der Waals surface area contributed by atoms with E-state index in [0.29, 0.717) is 6.54 Å². The average molecular weight is 265 g/mol.